The topological polar surface area (TPSA) is 81.1 Å². The summed E-state index contributed by atoms with van der Waals surface area (Å²) in [6, 6.07) is 19.4. The van der Waals surface area contributed by atoms with E-state index in [9.17, 15) is 4.79 Å². The number of rotatable bonds is 8. The highest BCUT2D eigenvalue weighted by Crippen LogP contribution is 2.31. The molecule has 0 saturated carbocycles. The number of carbonyl (C=O) groups excluding carboxylic acids is 1. The number of thioether (sulfide) groups is 1. The van der Waals surface area contributed by atoms with Gasteiger partial charge in [0.25, 0.3) is 0 Å². The van der Waals surface area contributed by atoms with Crippen molar-refractivity contribution >= 4 is 58.3 Å². The van der Waals surface area contributed by atoms with Crippen LogP contribution in [0.3, 0.4) is 0 Å². The van der Waals surface area contributed by atoms with Gasteiger partial charge in [0.2, 0.25) is 0 Å². The van der Waals surface area contributed by atoms with Gasteiger partial charge in [-0.1, -0.05) is 58.7 Å². The molecule has 180 valence electrons. The molecule has 4 rings (SSSR count). The quantitative estimate of drug-likeness (QED) is 0.235. The summed E-state index contributed by atoms with van der Waals surface area (Å²) in [4.78, 5) is 12.4. The lowest BCUT2D eigenvalue weighted by atomic mass is 10.2. The Balaban J connectivity index is 1.54. The zero-order valence-corrected chi connectivity index (χ0v) is 21.5. The van der Waals surface area contributed by atoms with Crippen molar-refractivity contribution < 1.29 is 9.53 Å². The van der Waals surface area contributed by atoms with Crippen LogP contribution < -0.4 is 15.4 Å². The molecule has 0 radical (unpaired) electrons. The van der Waals surface area contributed by atoms with Crippen molar-refractivity contribution in [1.29, 1.82) is 0 Å². The highest BCUT2D eigenvalue weighted by atomic mass is 35.5. The van der Waals surface area contributed by atoms with Crippen LogP contribution >= 0.6 is 46.6 Å². The third kappa shape index (κ3) is 6.61. The molecule has 1 aromatic heterocycles. The van der Waals surface area contributed by atoms with Crippen LogP contribution in [0.2, 0.25) is 15.1 Å². The molecule has 0 aliphatic carbocycles. The van der Waals surface area contributed by atoms with E-state index in [1.54, 1.807) is 49.6 Å². The fourth-order valence-electron chi connectivity index (χ4n) is 3.19. The minimum Gasteiger partial charge on any atom is -0.497 e. The second kappa shape index (κ2) is 11.7. The Kier molecular flexibility index (Phi) is 8.41. The summed E-state index contributed by atoms with van der Waals surface area (Å²) in [6.07, 6.45) is 0. The monoisotopic (exact) mass is 547 g/mol. The van der Waals surface area contributed by atoms with E-state index in [0.717, 1.165) is 11.3 Å². The van der Waals surface area contributed by atoms with Crippen molar-refractivity contribution in [3.8, 4) is 11.4 Å². The molecule has 3 aromatic carbocycles. The highest BCUT2D eigenvalue weighted by molar-refractivity contribution is 7.98. The van der Waals surface area contributed by atoms with Crippen LogP contribution in [0.15, 0.2) is 71.9 Å². The molecule has 7 nitrogen and oxygen atoms in total. The van der Waals surface area contributed by atoms with Gasteiger partial charge in [-0.05, 0) is 60.2 Å². The number of urea groups is 1. The Morgan fingerprint density at radius 3 is 2.51 bits per heavy atom. The summed E-state index contributed by atoms with van der Waals surface area (Å²) in [5.74, 6) is 1.92. The van der Waals surface area contributed by atoms with E-state index in [4.69, 9.17) is 39.5 Å². The summed E-state index contributed by atoms with van der Waals surface area (Å²) < 4.78 is 7.12. The molecule has 0 fully saturated rings. The summed E-state index contributed by atoms with van der Waals surface area (Å²) in [5.41, 5.74) is 2.33. The maximum Gasteiger partial charge on any atom is 0.319 e. The summed E-state index contributed by atoms with van der Waals surface area (Å²) in [5, 5.41) is 16.4. The fraction of sp³-hybridized carbons (Fsp3) is 0.125. The fourth-order valence-corrected chi connectivity index (χ4v) is 4.72. The van der Waals surface area contributed by atoms with Crippen molar-refractivity contribution in [2.75, 3.05) is 12.4 Å². The minimum atomic E-state index is -0.394. The molecule has 2 N–H and O–H groups in total. The number of carbonyl (C=O) groups is 1. The Morgan fingerprint density at radius 1 is 1.00 bits per heavy atom. The first kappa shape index (κ1) is 25.2. The lowest BCUT2D eigenvalue weighted by Crippen LogP contribution is -2.29. The van der Waals surface area contributed by atoms with Crippen molar-refractivity contribution in [2.24, 2.45) is 0 Å². The number of anilines is 1. The van der Waals surface area contributed by atoms with E-state index in [1.807, 2.05) is 28.8 Å². The maximum absolute atomic E-state index is 12.4. The number of hydrogen-bond donors (Lipinski definition) is 2. The molecule has 0 atom stereocenters. The zero-order valence-electron chi connectivity index (χ0n) is 18.5. The smallest absolute Gasteiger partial charge is 0.319 e. The van der Waals surface area contributed by atoms with Gasteiger partial charge in [-0.15, -0.1) is 10.2 Å². The number of aromatic nitrogens is 3. The van der Waals surface area contributed by atoms with E-state index >= 15 is 0 Å². The van der Waals surface area contributed by atoms with E-state index < -0.39 is 6.03 Å². The molecular weight excluding hydrogens is 529 g/mol. The molecule has 35 heavy (non-hydrogen) atoms. The van der Waals surface area contributed by atoms with Crippen LogP contribution in [0, 0.1) is 0 Å². The molecule has 11 heteroatoms. The van der Waals surface area contributed by atoms with Gasteiger partial charge in [-0.25, -0.2) is 4.79 Å². The number of methoxy groups -OCH3 is 1. The highest BCUT2D eigenvalue weighted by Gasteiger charge is 2.18. The average molecular weight is 549 g/mol. The SMILES string of the molecule is COc1cccc(CSc2nnc(CNC(=O)Nc3ccc(Cl)cc3)n2-c2ccc(Cl)cc2Cl)c1. The van der Waals surface area contributed by atoms with Gasteiger partial charge in [0.1, 0.15) is 5.75 Å². The maximum atomic E-state index is 12.4. The predicted molar refractivity (Wildman–Crippen MR) is 141 cm³/mol. The Hall–Kier alpha value is -2.91. The van der Waals surface area contributed by atoms with Crippen molar-refractivity contribution in [2.45, 2.75) is 17.5 Å². The number of halogens is 3. The number of benzene rings is 3. The van der Waals surface area contributed by atoms with Crippen molar-refractivity contribution in [3.05, 3.63) is 93.2 Å². The molecule has 0 aliphatic heterocycles. The largest absolute Gasteiger partial charge is 0.497 e. The van der Waals surface area contributed by atoms with Crippen molar-refractivity contribution in [3.63, 3.8) is 0 Å². The summed E-state index contributed by atoms with van der Waals surface area (Å²) in [6.45, 7) is 0.116. The van der Waals surface area contributed by atoms with E-state index in [2.05, 4.69) is 20.8 Å². The first-order chi connectivity index (χ1) is 16.9. The lowest BCUT2D eigenvalue weighted by molar-refractivity contribution is 0.251. The van der Waals surface area contributed by atoms with Crippen LogP contribution in [-0.2, 0) is 12.3 Å². The van der Waals surface area contributed by atoms with Gasteiger partial charge in [0.05, 0.1) is 24.4 Å². The Labute approximate surface area is 221 Å². The minimum absolute atomic E-state index is 0.116. The second-order valence-electron chi connectivity index (χ2n) is 7.28. The van der Waals surface area contributed by atoms with Crippen molar-refractivity contribution in [1.82, 2.24) is 20.1 Å². The number of amides is 2. The number of nitrogens with one attached hydrogen (secondary N) is 2. The number of ether oxygens (including phenoxy) is 1. The molecule has 4 aromatic rings. The van der Waals surface area contributed by atoms with Gasteiger partial charge >= 0.3 is 6.03 Å². The molecule has 1 heterocycles. The average Bonchev–Trinajstić information content (AvgIpc) is 3.25. The van der Waals surface area contributed by atoms with Crippen LogP contribution in [0.1, 0.15) is 11.4 Å². The standard InChI is InChI=1S/C24H20Cl3N5O2S/c1-34-19-4-2-3-15(11-19)14-35-24-31-30-22(32(24)21-10-7-17(26)12-20(21)27)13-28-23(33)29-18-8-5-16(25)6-9-18/h2-12H,13-14H2,1H3,(H2,28,29,33). The van der Waals surface area contributed by atoms with Crippen LogP contribution in [-0.4, -0.2) is 27.9 Å². The Bertz CT molecular complexity index is 1330. The summed E-state index contributed by atoms with van der Waals surface area (Å²) in [7, 11) is 1.63. The molecule has 2 amide bonds. The van der Waals surface area contributed by atoms with Gasteiger partial charge in [-0.3, -0.25) is 4.57 Å². The van der Waals surface area contributed by atoms with E-state index in [1.165, 1.54) is 11.8 Å². The van der Waals surface area contributed by atoms with Gasteiger partial charge in [0.15, 0.2) is 11.0 Å². The van der Waals surface area contributed by atoms with Crippen LogP contribution in [0.5, 0.6) is 5.75 Å². The lowest BCUT2D eigenvalue weighted by Gasteiger charge is -2.13. The Morgan fingerprint density at radius 2 is 1.77 bits per heavy atom. The number of nitrogens with zero attached hydrogens (tertiary/aromatic N) is 3. The third-order valence-electron chi connectivity index (χ3n) is 4.86. The zero-order chi connectivity index (χ0) is 24.8. The molecule has 0 bridgehead atoms. The van der Waals surface area contributed by atoms with Crippen LogP contribution in [0.25, 0.3) is 5.69 Å². The van der Waals surface area contributed by atoms with Gasteiger partial charge < -0.3 is 15.4 Å². The molecular formula is C24H20Cl3N5O2S. The molecule has 0 saturated heterocycles. The first-order valence-electron chi connectivity index (χ1n) is 10.4. The normalized spacial score (nSPS) is 10.7. The number of hydrogen-bond acceptors (Lipinski definition) is 5. The van der Waals surface area contributed by atoms with Crippen LogP contribution in [0.4, 0.5) is 10.5 Å². The van der Waals surface area contributed by atoms with Gasteiger partial charge in [-0.2, -0.15) is 0 Å². The first-order valence-corrected chi connectivity index (χ1v) is 12.5. The van der Waals surface area contributed by atoms with E-state index in [0.29, 0.717) is 43.2 Å². The molecule has 0 unspecified atom stereocenters. The molecule has 0 aliphatic rings. The molecule has 0 spiro atoms. The third-order valence-corrected chi connectivity index (χ3v) is 6.65. The van der Waals surface area contributed by atoms with E-state index in [-0.39, 0.29) is 6.54 Å². The summed E-state index contributed by atoms with van der Waals surface area (Å²) >= 11 is 20.0. The predicted octanol–water partition coefficient (Wildman–Crippen LogP) is 6.85. The second-order valence-corrected chi connectivity index (χ2v) is 9.51. The van der Waals surface area contributed by atoms with Gasteiger partial charge in [0, 0.05) is 21.5 Å².